The first-order valence-corrected chi connectivity index (χ1v) is 7.54. The predicted molar refractivity (Wildman–Crippen MR) is 90.2 cm³/mol. The number of rotatable bonds is 4. The van der Waals surface area contributed by atoms with Crippen molar-refractivity contribution in [3.05, 3.63) is 67.3 Å². The molecule has 4 heterocycles. The molecule has 0 aliphatic carbocycles. The lowest BCUT2D eigenvalue weighted by atomic mass is 10.3. The maximum Gasteiger partial charge on any atom is 0.294 e. The zero-order valence-corrected chi connectivity index (χ0v) is 13.3. The second-order valence-electron chi connectivity index (χ2n) is 4.98. The zero-order valence-electron chi connectivity index (χ0n) is 13.3. The van der Waals surface area contributed by atoms with E-state index in [1.54, 1.807) is 42.9 Å². The van der Waals surface area contributed by atoms with Gasteiger partial charge in [-0.05, 0) is 24.3 Å². The fourth-order valence-corrected chi connectivity index (χ4v) is 2.16. The lowest BCUT2D eigenvalue weighted by Gasteiger charge is -2.06. The molecule has 4 aromatic rings. The first-order chi connectivity index (χ1) is 12.8. The average molecular weight is 345 g/mol. The Labute approximate surface area is 147 Å². The first kappa shape index (κ1) is 15.4. The van der Waals surface area contributed by atoms with Crippen LogP contribution in [-0.4, -0.2) is 45.6 Å². The fraction of sp³-hybridized carbons (Fsp3) is 0. The molecule has 0 spiro atoms. The minimum atomic E-state index is -0.499. The minimum Gasteiger partial charge on any atom is -0.304 e. The lowest BCUT2D eigenvalue weighted by Crippen LogP contribution is -2.20. The van der Waals surface area contributed by atoms with Gasteiger partial charge in [0.15, 0.2) is 5.82 Å². The van der Waals surface area contributed by atoms with E-state index in [2.05, 4.69) is 40.3 Å². The van der Waals surface area contributed by atoms with Crippen LogP contribution >= 0.6 is 0 Å². The van der Waals surface area contributed by atoms with E-state index in [-0.39, 0.29) is 11.8 Å². The van der Waals surface area contributed by atoms with Crippen molar-refractivity contribution < 1.29 is 4.79 Å². The number of nitrogens with zero attached hydrogens (tertiary/aromatic N) is 8. The quantitative estimate of drug-likeness (QED) is 0.584. The SMILES string of the molecule is O=C(Nc1ccnc(-c2ccccn2)n1)c1ncnn1-c1ncccn1. The summed E-state index contributed by atoms with van der Waals surface area (Å²) in [5.74, 6) is 0.493. The fourth-order valence-electron chi connectivity index (χ4n) is 2.16. The summed E-state index contributed by atoms with van der Waals surface area (Å²) in [7, 11) is 0. The number of nitrogens with one attached hydrogen (secondary N) is 1. The van der Waals surface area contributed by atoms with Crippen molar-refractivity contribution >= 4 is 11.7 Å². The van der Waals surface area contributed by atoms with Crippen LogP contribution in [-0.2, 0) is 0 Å². The van der Waals surface area contributed by atoms with E-state index >= 15 is 0 Å². The molecule has 0 fully saturated rings. The molecule has 1 N–H and O–H groups in total. The number of amides is 1. The Kier molecular flexibility index (Phi) is 4.04. The summed E-state index contributed by atoms with van der Waals surface area (Å²) in [5.41, 5.74) is 0.601. The number of anilines is 1. The van der Waals surface area contributed by atoms with E-state index in [9.17, 15) is 4.79 Å². The van der Waals surface area contributed by atoms with Crippen LogP contribution in [0, 0.1) is 0 Å². The first-order valence-electron chi connectivity index (χ1n) is 7.54. The average Bonchev–Trinajstić information content (AvgIpc) is 3.20. The summed E-state index contributed by atoms with van der Waals surface area (Å²) < 4.78 is 1.25. The van der Waals surface area contributed by atoms with Crippen LogP contribution < -0.4 is 5.32 Å². The van der Waals surface area contributed by atoms with Crippen LogP contribution in [0.5, 0.6) is 0 Å². The summed E-state index contributed by atoms with van der Waals surface area (Å²) in [6.07, 6.45) is 7.54. The molecule has 0 atom stereocenters. The molecule has 0 aromatic carbocycles. The molecule has 10 nitrogen and oxygen atoms in total. The molecule has 26 heavy (non-hydrogen) atoms. The Hall–Kier alpha value is -4.08. The molecule has 0 radical (unpaired) electrons. The van der Waals surface area contributed by atoms with Gasteiger partial charge in [0, 0.05) is 24.8 Å². The van der Waals surface area contributed by atoms with E-state index in [0.29, 0.717) is 17.3 Å². The molecule has 0 aliphatic rings. The van der Waals surface area contributed by atoms with Crippen LogP contribution in [0.3, 0.4) is 0 Å². The maximum absolute atomic E-state index is 12.6. The van der Waals surface area contributed by atoms with E-state index < -0.39 is 5.91 Å². The predicted octanol–water partition coefficient (Wildman–Crippen LogP) is 1.16. The molecule has 0 aliphatic heterocycles. The molecule has 1 amide bonds. The molecule has 126 valence electrons. The third-order valence-electron chi connectivity index (χ3n) is 3.28. The van der Waals surface area contributed by atoms with E-state index in [1.165, 1.54) is 17.2 Å². The van der Waals surface area contributed by atoms with Gasteiger partial charge in [-0.3, -0.25) is 9.78 Å². The number of hydrogen-bond donors (Lipinski definition) is 1. The van der Waals surface area contributed by atoms with Gasteiger partial charge in [-0.2, -0.15) is 9.78 Å². The van der Waals surface area contributed by atoms with Gasteiger partial charge in [-0.1, -0.05) is 6.07 Å². The Morgan fingerprint density at radius 1 is 0.885 bits per heavy atom. The monoisotopic (exact) mass is 345 g/mol. The molecule has 0 saturated carbocycles. The molecule has 0 unspecified atom stereocenters. The maximum atomic E-state index is 12.6. The Morgan fingerprint density at radius 2 is 1.73 bits per heavy atom. The highest BCUT2D eigenvalue weighted by Crippen LogP contribution is 2.13. The van der Waals surface area contributed by atoms with Crippen LogP contribution in [0.4, 0.5) is 5.82 Å². The highest BCUT2D eigenvalue weighted by molar-refractivity contribution is 6.01. The second kappa shape index (κ2) is 6.81. The number of aromatic nitrogens is 8. The van der Waals surface area contributed by atoms with Gasteiger partial charge in [0.1, 0.15) is 17.8 Å². The highest BCUT2D eigenvalue weighted by atomic mass is 16.2. The third-order valence-corrected chi connectivity index (χ3v) is 3.28. The van der Waals surface area contributed by atoms with E-state index in [4.69, 9.17) is 0 Å². The largest absolute Gasteiger partial charge is 0.304 e. The Morgan fingerprint density at radius 3 is 2.54 bits per heavy atom. The van der Waals surface area contributed by atoms with Crippen molar-refractivity contribution in [3.8, 4) is 17.5 Å². The smallest absolute Gasteiger partial charge is 0.294 e. The standard InChI is InChI=1S/C16H11N9O/c26-15(14-21-10-22-25(14)16-19-7-3-8-20-16)24-12-5-9-18-13(23-12)11-4-1-2-6-17-11/h1-10H,(H,18,23,24,26). The normalized spacial score (nSPS) is 10.5. The van der Waals surface area contributed by atoms with Gasteiger partial charge < -0.3 is 5.32 Å². The second-order valence-corrected chi connectivity index (χ2v) is 4.98. The molecule has 10 heteroatoms. The Balaban J connectivity index is 1.60. The van der Waals surface area contributed by atoms with E-state index in [1.807, 2.05) is 6.07 Å². The van der Waals surface area contributed by atoms with Crippen molar-refractivity contribution in [3.63, 3.8) is 0 Å². The van der Waals surface area contributed by atoms with Crippen LogP contribution in [0.15, 0.2) is 61.4 Å². The van der Waals surface area contributed by atoms with Crippen molar-refractivity contribution in [2.75, 3.05) is 5.32 Å². The highest BCUT2D eigenvalue weighted by Gasteiger charge is 2.17. The summed E-state index contributed by atoms with van der Waals surface area (Å²) in [4.78, 5) is 37.3. The van der Waals surface area contributed by atoms with Gasteiger partial charge in [-0.15, -0.1) is 0 Å². The lowest BCUT2D eigenvalue weighted by molar-refractivity contribution is 0.101. The molecule has 0 bridgehead atoms. The van der Waals surface area contributed by atoms with Crippen LogP contribution in [0.1, 0.15) is 10.6 Å². The van der Waals surface area contributed by atoms with Gasteiger partial charge in [-0.25, -0.2) is 24.9 Å². The van der Waals surface area contributed by atoms with Gasteiger partial charge in [0.05, 0.1) is 0 Å². The topological polar surface area (TPSA) is 124 Å². The van der Waals surface area contributed by atoms with E-state index in [0.717, 1.165) is 0 Å². The van der Waals surface area contributed by atoms with Gasteiger partial charge in [0.25, 0.3) is 11.9 Å². The summed E-state index contributed by atoms with van der Waals surface area (Å²) in [6, 6.07) is 8.65. The number of hydrogen-bond acceptors (Lipinski definition) is 8. The summed E-state index contributed by atoms with van der Waals surface area (Å²) in [6.45, 7) is 0. The van der Waals surface area contributed by atoms with Gasteiger partial charge >= 0.3 is 0 Å². The molecular formula is C16H11N9O. The molecule has 4 aromatic heterocycles. The van der Waals surface area contributed by atoms with Crippen molar-refractivity contribution in [1.82, 2.24) is 39.7 Å². The molecule has 4 rings (SSSR count). The summed E-state index contributed by atoms with van der Waals surface area (Å²) >= 11 is 0. The number of pyridine rings is 1. The van der Waals surface area contributed by atoms with Crippen molar-refractivity contribution in [2.45, 2.75) is 0 Å². The van der Waals surface area contributed by atoms with Gasteiger partial charge in [0.2, 0.25) is 5.82 Å². The summed E-state index contributed by atoms with van der Waals surface area (Å²) in [5, 5.41) is 6.66. The number of carbonyl (C=O) groups is 1. The van der Waals surface area contributed by atoms with Crippen LogP contribution in [0.25, 0.3) is 17.5 Å². The molecule has 0 saturated heterocycles. The Bertz CT molecular complexity index is 1030. The van der Waals surface area contributed by atoms with Crippen molar-refractivity contribution in [1.29, 1.82) is 0 Å². The van der Waals surface area contributed by atoms with Crippen LogP contribution in [0.2, 0.25) is 0 Å². The van der Waals surface area contributed by atoms with Crippen molar-refractivity contribution in [2.24, 2.45) is 0 Å². The minimum absolute atomic E-state index is 0.0363. The number of carbonyl (C=O) groups excluding carboxylic acids is 1. The third kappa shape index (κ3) is 3.11. The zero-order chi connectivity index (χ0) is 17.8. The molecular weight excluding hydrogens is 334 g/mol.